The Kier molecular flexibility index (Phi) is 5.88. The van der Waals surface area contributed by atoms with Gasteiger partial charge in [-0.2, -0.15) is 0 Å². The highest BCUT2D eigenvalue weighted by molar-refractivity contribution is 6.17. The third-order valence-electron chi connectivity index (χ3n) is 3.43. The molecule has 0 spiro atoms. The van der Waals surface area contributed by atoms with Gasteiger partial charge in [0.2, 0.25) is 0 Å². The fourth-order valence-corrected chi connectivity index (χ4v) is 2.63. The minimum absolute atomic E-state index is 0.814. The molecule has 0 aliphatic heterocycles. The summed E-state index contributed by atoms with van der Waals surface area (Å²) in [5.41, 5.74) is 0. The summed E-state index contributed by atoms with van der Waals surface area (Å²) in [5.74, 6) is 1.75. The van der Waals surface area contributed by atoms with E-state index in [4.69, 9.17) is 11.6 Å². The summed E-state index contributed by atoms with van der Waals surface area (Å²) in [7, 11) is 2.27. The van der Waals surface area contributed by atoms with Crippen molar-refractivity contribution in [2.24, 2.45) is 5.92 Å². The standard InChI is InChI=1S/C12H24ClN/c1-11-6-5-7-12(10-11)14(2)9-4-3-8-13/h11-12H,3-10H2,1-2H3. The lowest BCUT2D eigenvalue weighted by Gasteiger charge is -2.34. The smallest absolute Gasteiger partial charge is 0.0223 e. The highest BCUT2D eigenvalue weighted by atomic mass is 35.5. The van der Waals surface area contributed by atoms with Crippen LogP contribution >= 0.6 is 11.6 Å². The van der Waals surface area contributed by atoms with Crippen LogP contribution in [0.1, 0.15) is 45.4 Å². The van der Waals surface area contributed by atoms with E-state index in [9.17, 15) is 0 Å². The first-order chi connectivity index (χ1) is 6.74. The highest BCUT2D eigenvalue weighted by Crippen LogP contribution is 2.26. The molecule has 2 unspecified atom stereocenters. The number of hydrogen-bond acceptors (Lipinski definition) is 1. The second-order valence-corrected chi connectivity index (χ2v) is 5.18. The van der Waals surface area contributed by atoms with Crippen LogP contribution < -0.4 is 0 Å². The molecule has 0 heterocycles. The zero-order valence-electron chi connectivity index (χ0n) is 9.64. The van der Waals surface area contributed by atoms with Crippen molar-refractivity contribution in [3.63, 3.8) is 0 Å². The van der Waals surface area contributed by atoms with E-state index in [1.165, 1.54) is 38.6 Å². The van der Waals surface area contributed by atoms with Crippen molar-refractivity contribution in [3.05, 3.63) is 0 Å². The molecular weight excluding hydrogens is 194 g/mol. The van der Waals surface area contributed by atoms with E-state index in [2.05, 4.69) is 18.9 Å². The third-order valence-corrected chi connectivity index (χ3v) is 3.69. The lowest BCUT2D eigenvalue weighted by atomic mass is 9.86. The fourth-order valence-electron chi connectivity index (χ4n) is 2.44. The van der Waals surface area contributed by atoms with Crippen molar-refractivity contribution in [1.29, 1.82) is 0 Å². The van der Waals surface area contributed by atoms with E-state index in [-0.39, 0.29) is 0 Å². The maximum Gasteiger partial charge on any atom is 0.0223 e. The first kappa shape index (κ1) is 12.3. The molecule has 1 rings (SSSR count). The highest BCUT2D eigenvalue weighted by Gasteiger charge is 2.21. The molecule has 2 atom stereocenters. The molecule has 1 nitrogen and oxygen atoms in total. The Labute approximate surface area is 93.8 Å². The quantitative estimate of drug-likeness (QED) is 0.503. The molecule has 0 radical (unpaired) electrons. The van der Waals surface area contributed by atoms with Crippen LogP contribution in [0.15, 0.2) is 0 Å². The molecule has 14 heavy (non-hydrogen) atoms. The summed E-state index contributed by atoms with van der Waals surface area (Å²) in [6.45, 7) is 3.61. The average molecular weight is 218 g/mol. The second-order valence-electron chi connectivity index (χ2n) is 4.80. The first-order valence-electron chi connectivity index (χ1n) is 6.00. The Morgan fingerprint density at radius 3 is 2.71 bits per heavy atom. The van der Waals surface area contributed by atoms with Gasteiger partial charge >= 0.3 is 0 Å². The summed E-state index contributed by atoms with van der Waals surface area (Å²) in [4.78, 5) is 2.54. The van der Waals surface area contributed by atoms with Crippen LogP contribution in [0.4, 0.5) is 0 Å². The van der Waals surface area contributed by atoms with Gasteiger partial charge in [-0.3, -0.25) is 0 Å². The number of hydrogen-bond donors (Lipinski definition) is 0. The number of nitrogens with zero attached hydrogens (tertiary/aromatic N) is 1. The average Bonchev–Trinajstić information content (AvgIpc) is 2.18. The third kappa shape index (κ3) is 4.18. The van der Waals surface area contributed by atoms with Gasteiger partial charge in [-0.05, 0) is 45.2 Å². The molecule has 1 fully saturated rings. The molecule has 0 amide bonds. The molecule has 1 aliphatic rings. The van der Waals surface area contributed by atoms with Crippen LogP contribution in [0.2, 0.25) is 0 Å². The predicted molar refractivity (Wildman–Crippen MR) is 64.0 cm³/mol. The van der Waals surface area contributed by atoms with Crippen LogP contribution in [-0.2, 0) is 0 Å². The van der Waals surface area contributed by atoms with Crippen molar-refractivity contribution >= 4 is 11.6 Å². The first-order valence-corrected chi connectivity index (χ1v) is 6.53. The minimum Gasteiger partial charge on any atom is -0.303 e. The van der Waals surface area contributed by atoms with E-state index in [0.29, 0.717) is 0 Å². The summed E-state index contributed by atoms with van der Waals surface area (Å²) >= 11 is 5.68. The van der Waals surface area contributed by atoms with E-state index >= 15 is 0 Å². The maximum absolute atomic E-state index is 5.68. The van der Waals surface area contributed by atoms with Gasteiger partial charge in [-0.1, -0.05) is 19.8 Å². The SMILES string of the molecule is CC1CCCC(N(C)CCCCCl)C1. The molecular formula is C12H24ClN. The summed E-state index contributed by atoms with van der Waals surface area (Å²) in [6, 6.07) is 0.842. The van der Waals surface area contributed by atoms with E-state index in [1.807, 2.05) is 0 Å². The van der Waals surface area contributed by atoms with Crippen molar-refractivity contribution in [3.8, 4) is 0 Å². The molecule has 0 saturated heterocycles. The van der Waals surface area contributed by atoms with Crippen molar-refractivity contribution in [2.45, 2.75) is 51.5 Å². The maximum atomic E-state index is 5.68. The monoisotopic (exact) mass is 217 g/mol. The topological polar surface area (TPSA) is 3.24 Å². The van der Waals surface area contributed by atoms with Crippen molar-refractivity contribution in [1.82, 2.24) is 4.90 Å². The zero-order valence-corrected chi connectivity index (χ0v) is 10.4. The van der Waals surface area contributed by atoms with E-state index in [1.54, 1.807) is 0 Å². The van der Waals surface area contributed by atoms with Gasteiger partial charge in [-0.25, -0.2) is 0 Å². The molecule has 1 aliphatic carbocycles. The van der Waals surface area contributed by atoms with Crippen LogP contribution in [0.5, 0.6) is 0 Å². The van der Waals surface area contributed by atoms with Gasteiger partial charge in [-0.15, -0.1) is 11.6 Å². The van der Waals surface area contributed by atoms with E-state index < -0.39 is 0 Å². The Morgan fingerprint density at radius 1 is 1.29 bits per heavy atom. The minimum atomic E-state index is 0.814. The number of halogens is 1. The number of unbranched alkanes of at least 4 members (excludes halogenated alkanes) is 1. The van der Waals surface area contributed by atoms with Gasteiger partial charge in [0.25, 0.3) is 0 Å². The Morgan fingerprint density at radius 2 is 2.07 bits per heavy atom. The lowest BCUT2D eigenvalue weighted by molar-refractivity contribution is 0.162. The van der Waals surface area contributed by atoms with Gasteiger partial charge in [0.1, 0.15) is 0 Å². The van der Waals surface area contributed by atoms with Crippen LogP contribution in [0, 0.1) is 5.92 Å². The zero-order chi connectivity index (χ0) is 10.4. The van der Waals surface area contributed by atoms with Crippen LogP contribution in [0.3, 0.4) is 0 Å². The molecule has 1 saturated carbocycles. The lowest BCUT2D eigenvalue weighted by Crippen LogP contribution is -2.36. The molecule has 0 aromatic carbocycles. The summed E-state index contributed by atoms with van der Waals surface area (Å²) in [6.07, 6.45) is 8.08. The van der Waals surface area contributed by atoms with Crippen LogP contribution in [0.25, 0.3) is 0 Å². The van der Waals surface area contributed by atoms with Gasteiger partial charge in [0.15, 0.2) is 0 Å². The molecule has 0 N–H and O–H groups in total. The molecule has 0 bridgehead atoms. The largest absolute Gasteiger partial charge is 0.303 e. The second kappa shape index (κ2) is 6.68. The van der Waals surface area contributed by atoms with Gasteiger partial charge in [0.05, 0.1) is 0 Å². The van der Waals surface area contributed by atoms with Crippen LogP contribution in [-0.4, -0.2) is 30.4 Å². The number of rotatable bonds is 5. The van der Waals surface area contributed by atoms with Crippen molar-refractivity contribution in [2.75, 3.05) is 19.5 Å². The molecule has 84 valence electrons. The molecule has 0 aromatic rings. The molecule has 2 heteroatoms. The molecule has 0 aromatic heterocycles. The van der Waals surface area contributed by atoms with Gasteiger partial charge < -0.3 is 4.90 Å². The number of alkyl halides is 1. The Bertz CT molecular complexity index is 149. The van der Waals surface area contributed by atoms with Crippen molar-refractivity contribution < 1.29 is 0 Å². The normalized spacial score (nSPS) is 28.3. The summed E-state index contributed by atoms with van der Waals surface area (Å²) < 4.78 is 0. The fraction of sp³-hybridized carbons (Fsp3) is 1.00. The Hall–Kier alpha value is 0.250. The van der Waals surface area contributed by atoms with E-state index in [0.717, 1.165) is 24.3 Å². The Balaban J connectivity index is 2.18. The van der Waals surface area contributed by atoms with Gasteiger partial charge in [0, 0.05) is 11.9 Å². The predicted octanol–water partition coefficient (Wildman–Crippen LogP) is 3.52. The summed E-state index contributed by atoms with van der Waals surface area (Å²) in [5, 5.41) is 0.